The lowest BCUT2D eigenvalue weighted by atomic mass is 10.1. The Hall–Kier alpha value is -2.07. The zero-order chi connectivity index (χ0) is 15.6. The van der Waals surface area contributed by atoms with Crippen LogP contribution < -0.4 is 10.2 Å². The number of halogens is 1. The summed E-state index contributed by atoms with van der Waals surface area (Å²) in [5, 5.41) is 23.2. The van der Waals surface area contributed by atoms with E-state index in [2.05, 4.69) is 5.32 Å². The normalized spacial score (nSPS) is 12.0. The highest BCUT2D eigenvalue weighted by Crippen LogP contribution is 2.32. The Labute approximate surface area is 129 Å². The first-order chi connectivity index (χ1) is 9.86. The summed E-state index contributed by atoms with van der Waals surface area (Å²) in [6.07, 6.45) is 0. The Bertz CT molecular complexity index is 624. The van der Waals surface area contributed by atoms with Crippen molar-refractivity contribution in [2.75, 3.05) is 24.3 Å². The molecule has 0 aliphatic carbocycles. The van der Waals surface area contributed by atoms with Gasteiger partial charge in [0.25, 0.3) is 0 Å². The molecular formula is C16H19ClN2O2. The van der Waals surface area contributed by atoms with E-state index in [0.29, 0.717) is 5.02 Å². The van der Waals surface area contributed by atoms with Crippen LogP contribution in [0.5, 0.6) is 11.5 Å². The summed E-state index contributed by atoms with van der Waals surface area (Å²) < 4.78 is 0. The molecule has 0 saturated heterocycles. The SMILES string of the molecule is CC(Nc1cc(Cl)ccc1N(C)C)c1cc(O)cc(O)c1. The van der Waals surface area contributed by atoms with Crippen LogP contribution in [0.4, 0.5) is 11.4 Å². The third kappa shape index (κ3) is 3.73. The first kappa shape index (κ1) is 15.3. The number of aromatic hydroxyl groups is 2. The van der Waals surface area contributed by atoms with Crippen LogP contribution in [0.2, 0.25) is 5.02 Å². The van der Waals surface area contributed by atoms with E-state index in [-0.39, 0.29) is 17.5 Å². The standard InChI is InChI=1S/C16H19ClN2O2/c1-10(11-6-13(20)9-14(21)7-11)18-15-8-12(17)4-5-16(15)19(2)3/h4-10,18,20-21H,1-3H3. The Morgan fingerprint density at radius 2 is 1.67 bits per heavy atom. The van der Waals surface area contributed by atoms with Crippen molar-refractivity contribution >= 4 is 23.0 Å². The molecule has 0 aromatic heterocycles. The van der Waals surface area contributed by atoms with Crippen molar-refractivity contribution in [2.45, 2.75) is 13.0 Å². The van der Waals surface area contributed by atoms with Gasteiger partial charge in [-0.2, -0.15) is 0 Å². The molecule has 5 heteroatoms. The van der Waals surface area contributed by atoms with Gasteiger partial charge in [-0.05, 0) is 42.8 Å². The van der Waals surface area contributed by atoms with Gasteiger partial charge in [0.15, 0.2) is 0 Å². The molecule has 1 atom stereocenters. The Balaban J connectivity index is 2.30. The van der Waals surface area contributed by atoms with Gasteiger partial charge in [0.1, 0.15) is 11.5 Å². The highest BCUT2D eigenvalue weighted by molar-refractivity contribution is 6.31. The molecule has 0 bridgehead atoms. The molecule has 0 aliphatic heterocycles. The summed E-state index contributed by atoms with van der Waals surface area (Å²) in [6, 6.07) is 10.1. The van der Waals surface area contributed by atoms with E-state index in [1.807, 2.05) is 44.1 Å². The van der Waals surface area contributed by atoms with E-state index < -0.39 is 0 Å². The number of rotatable bonds is 4. The minimum atomic E-state index is -0.0971. The van der Waals surface area contributed by atoms with Crippen molar-refractivity contribution in [3.8, 4) is 11.5 Å². The second-order valence-electron chi connectivity index (χ2n) is 5.20. The average Bonchev–Trinajstić information content (AvgIpc) is 2.37. The monoisotopic (exact) mass is 306 g/mol. The number of benzene rings is 2. The predicted octanol–water partition coefficient (Wildman–Crippen LogP) is 3.99. The number of phenols is 2. The Morgan fingerprint density at radius 1 is 1.05 bits per heavy atom. The molecule has 4 nitrogen and oxygen atoms in total. The van der Waals surface area contributed by atoms with Crippen LogP contribution in [0.1, 0.15) is 18.5 Å². The molecule has 2 rings (SSSR count). The Kier molecular flexibility index (Phi) is 4.48. The van der Waals surface area contributed by atoms with Crippen LogP contribution in [0.15, 0.2) is 36.4 Å². The fraction of sp³-hybridized carbons (Fsp3) is 0.250. The molecule has 2 aromatic rings. The van der Waals surface area contributed by atoms with E-state index in [1.165, 1.54) is 6.07 Å². The lowest BCUT2D eigenvalue weighted by molar-refractivity contribution is 0.448. The molecule has 0 radical (unpaired) electrons. The smallest absolute Gasteiger partial charge is 0.119 e. The maximum atomic E-state index is 9.58. The molecule has 0 fully saturated rings. The van der Waals surface area contributed by atoms with Crippen LogP contribution in [0.3, 0.4) is 0 Å². The minimum absolute atomic E-state index is 0.0394. The summed E-state index contributed by atoms with van der Waals surface area (Å²) in [4.78, 5) is 1.99. The second-order valence-corrected chi connectivity index (χ2v) is 5.64. The quantitative estimate of drug-likeness (QED) is 0.799. The fourth-order valence-corrected chi connectivity index (χ4v) is 2.37. The number of hydrogen-bond donors (Lipinski definition) is 3. The Morgan fingerprint density at radius 3 is 2.24 bits per heavy atom. The van der Waals surface area contributed by atoms with Crippen molar-refractivity contribution in [1.82, 2.24) is 0 Å². The minimum Gasteiger partial charge on any atom is -0.508 e. The third-order valence-corrected chi connectivity index (χ3v) is 3.47. The maximum absolute atomic E-state index is 9.58. The predicted molar refractivity (Wildman–Crippen MR) is 87.6 cm³/mol. The first-order valence-electron chi connectivity index (χ1n) is 6.63. The van der Waals surface area contributed by atoms with Crippen molar-refractivity contribution in [3.05, 3.63) is 47.0 Å². The average molecular weight is 307 g/mol. The molecule has 3 N–H and O–H groups in total. The van der Waals surface area contributed by atoms with Gasteiger partial charge in [-0.15, -0.1) is 0 Å². The zero-order valence-electron chi connectivity index (χ0n) is 12.3. The lowest BCUT2D eigenvalue weighted by Gasteiger charge is -2.22. The number of phenolic OH excluding ortho intramolecular Hbond substituents is 2. The largest absolute Gasteiger partial charge is 0.508 e. The summed E-state index contributed by atoms with van der Waals surface area (Å²) >= 11 is 6.06. The van der Waals surface area contributed by atoms with Gasteiger partial charge in [-0.25, -0.2) is 0 Å². The fourth-order valence-electron chi connectivity index (χ4n) is 2.20. The number of nitrogens with one attached hydrogen (secondary N) is 1. The highest BCUT2D eigenvalue weighted by Gasteiger charge is 2.12. The van der Waals surface area contributed by atoms with Crippen molar-refractivity contribution in [3.63, 3.8) is 0 Å². The van der Waals surface area contributed by atoms with E-state index in [1.54, 1.807) is 12.1 Å². The molecule has 0 aliphatic rings. The molecule has 112 valence electrons. The van der Waals surface area contributed by atoms with Crippen LogP contribution in [0, 0.1) is 0 Å². The van der Waals surface area contributed by atoms with E-state index in [0.717, 1.165) is 16.9 Å². The lowest BCUT2D eigenvalue weighted by Crippen LogP contribution is -2.14. The van der Waals surface area contributed by atoms with Gasteiger partial charge in [-0.1, -0.05) is 11.6 Å². The molecule has 0 saturated carbocycles. The second kappa shape index (κ2) is 6.14. The van der Waals surface area contributed by atoms with Crippen molar-refractivity contribution in [2.24, 2.45) is 0 Å². The van der Waals surface area contributed by atoms with Crippen molar-refractivity contribution in [1.29, 1.82) is 0 Å². The van der Waals surface area contributed by atoms with Crippen LogP contribution in [-0.4, -0.2) is 24.3 Å². The summed E-state index contributed by atoms with van der Waals surface area (Å²) in [6.45, 7) is 1.95. The number of anilines is 2. The molecule has 0 heterocycles. The highest BCUT2D eigenvalue weighted by atomic mass is 35.5. The van der Waals surface area contributed by atoms with Gasteiger partial charge in [-0.3, -0.25) is 0 Å². The molecule has 2 aromatic carbocycles. The van der Waals surface area contributed by atoms with E-state index in [9.17, 15) is 10.2 Å². The van der Waals surface area contributed by atoms with Gasteiger partial charge >= 0.3 is 0 Å². The summed E-state index contributed by atoms with van der Waals surface area (Å²) in [5.41, 5.74) is 2.69. The number of hydrogen-bond acceptors (Lipinski definition) is 4. The van der Waals surface area contributed by atoms with Gasteiger partial charge < -0.3 is 20.4 Å². The van der Waals surface area contributed by atoms with Gasteiger partial charge in [0.2, 0.25) is 0 Å². The van der Waals surface area contributed by atoms with Crippen LogP contribution >= 0.6 is 11.6 Å². The van der Waals surface area contributed by atoms with Gasteiger partial charge in [0, 0.05) is 31.2 Å². The molecule has 1 unspecified atom stereocenters. The van der Waals surface area contributed by atoms with Crippen molar-refractivity contribution < 1.29 is 10.2 Å². The van der Waals surface area contributed by atoms with Crippen LogP contribution in [-0.2, 0) is 0 Å². The third-order valence-electron chi connectivity index (χ3n) is 3.24. The molecular weight excluding hydrogens is 288 g/mol. The first-order valence-corrected chi connectivity index (χ1v) is 7.01. The maximum Gasteiger partial charge on any atom is 0.119 e. The zero-order valence-corrected chi connectivity index (χ0v) is 13.0. The topological polar surface area (TPSA) is 55.7 Å². The van der Waals surface area contributed by atoms with Crippen LogP contribution in [0.25, 0.3) is 0 Å². The van der Waals surface area contributed by atoms with Gasteiger partial charge in [0.05, 0.1) is 11.4 Å². The molecule has 0 spiro atoms. The number of nitrogens with zero attached hydrogens (tertiary/aromatic N) is 1. The molecule has 21 heavy (non-hydrogen) atoms. The summed E-state index contributed by atoms with van der Waals surface area (Å²) in [5.74, 6) is 0.0788. The van der Waals surface area contributed by atoms with E-state index in [4.69, 9.17) is 11.6 Å². The van der Waals surface area contributed by atoms with E-state index >= 15 is 0 Å². The molecule has 0 amide bonds. The summed E-state index contributed by atoms with van der Waals surface area (Å²) in [7, 11) is 3.92.